The van der Waals surface area contributed by atoms with Crippen LogP contribution in [0.2, 0.25) is 0 Å². The average Bonchev–Trinajstić information content (AvgIpc) is 2.78. The summed E-state index contributed by atoms with van der Waals surface area (Å²) >= 11 is 0. The monoisotopic (exact) mass is 220 g/mol. The molecule has 2 heterocycles. The van der Waals surface area contributed by atoms with Crippen molar-refractivity contribution in [3.63, 3.8) is 0 Å². The number of hydrogen-bond acceptors (Lipinski definition) is 4. The van der Waals surface area contributed by atoms with Gasteiger partial charge in [-0.25, -0.2) is 0 Å². The van der Waals surface area contributed by atoms with E-state index in [1.165, 1.54) is 7.11 Å². The Balaban J connectivity index is 1.88. The number of likely N-dealkylation sites (tertiary alicyclic amines) is 1. The molecule has 1 aliphatic heterocycles. The number of methoxy groups -OCH3 is 1. The Kier molecular flexibility index (Phi) is 3.51. The van der Waals surface area contributed by atoms with Crippen LogP contribution in [0.5, 0.6) is 0 Å². The third-order valence-corrected chi connectivity index (χ3v) is 2.92. The second-order valence-corrected chi connectivity index (χ2v) is 4.06. The highest BCUT2D eigenvalue weighted by Crippen LogP contribution is 2.18. The van der Waals surface area contributed by atoms with Crippen molar-refractivity contribution < 1.29 is 9.53 Å². The lowest BCUT2D eigenvalue weighted by Crippen LogP contribution is -2.23. The van der Waals surface area contributed by atoms with Gasteiger partial charge in [0.05, 0.1) is 18.7 Å². The van der Waals surface area contributed by atoms with Crippen LogP contribution in [0, 0.1) is 5.92 Å². The van der Waals surface area contributed by atoms with E-state index in [-0.39, 0.29) is 11.9 Å². The first-order valence-electron chi connectivity index (χ1n) is 5.49. The maximum Gasteiger partial charge on any atom is 0.310 e. The quantitative estimate of drug-likeness (QED) is 0.715. The fraction of sp³-hybridized carbons (Fsp3) is 0.500. The zero-order chi connectivity index (χ0) is 11.4. The molecule has 86 valence electrons. The lowest BCUT2D eigenvalue weighted by Gasteiger charge is -2.14. The Morgan fingerprint density at radius 1 is 1.62 bits per heavy atom. The van der Waals surface area contributed by atoms with Gasteiger partial charge in [-0.2, -0.15) is 0 Å². The summed E-state index contributed by atoms with van der Waals surface area (Å²) in [5.41, 5.74) is 1.05. The molecule has 1 aliphatic rings. The molecule has 1 fully saturated rings. The van der Waals surface area contributed by atoms with Gasteiger partial charge < -0.3 is 4.74 Å². The zero-order valence-corrected chi connectivity index (χ0v) is 9.43. The summed E-state index contributed by atoms with van der Waals surface area (Å²) in [5.74, 6) is -0.0581. The molecule has 0 radical (unpaired) electrons. The highest BCUT2D eigenvalue weighted by Gasteiger charge is 2.28. The van der Waals surface area contributed by atoms with Crippen molar-refractivity contribution in [1.29, 1.82) is 0 Å². The number of carbonyl (C=O) groups is 1. The van der Waals surface area contributed by atoms with Crippen molar-refractivity contribution in [1.82, 2.24) is 9.88 Å². The summed E-state index contributed by atoms with van der Waals surface area (Å²) in [6, 6.07) is 5.90. The van der Waals surface area contributed by atoms with Gasteiger partial charge in [0.15, 0.2) is 0 Å². The van der Waals surface area contributed by atoms with Gasteiger partial charge in [0.1, 0.15) is 0 Å². The zero-order valence-electron chi connectivity index (χ0n) is 9.43. The van der Waals surface area contributed by atoms with Crippen molar-refractivity contribution in [2.45, 2.75) is 13.0 Å². The Morgan fingerprint density at radius 3 is 3.19 bits per heavy atom. The SMILES string of the molecule is COC(=O)[C@@H]1CCN(Cc2ccccn2)C1. The van der Waals surface area contributed by atoms with Crippen molar-refractivity contribution in [3.8, 4) is 0 Å². The summed E-state index contributed by atoms with van der Waals surface area (Å²) in [5, 5.41) is 0. The first-order chi connectivity index (χ1) is 7.79. The minimum atomic E-state index is -0.0940. The molecule has 0 saturated carbocycles. The van der Waals surface area contributed by atoms with E-state index < -0.39 is 0 Å². The van der Waals surface area contributed by atoms with Crippen LogP contribution >= 0.6 is 0 Å². The van der Waals surface area contributed by atoms with Gasteiger partial charge >= 0.3 is 5.97 Å². The van der Waals surface area contributed by atoms with Crippen molar-refractivity contribution in [2.75, 3.05) is 20.2 Å². The van der Waals surface area contributed by atoms with Crippen LogP contribution in [0.4, 0.5) is 0 Å². The number of ether oxygens (including phenoxy) is 1. The topological polar surface area (TPSA) is 42.4 Å². The van der Waals surface area contributed by atoms with Crippen molar-refractivity contribution >= 4 is 5.97 Å². The minimum absolute atomic E-state index is 0.0358. The molecule has 16 heavy (non-hydrogen) atoms. The van der Waals surface area contributed by atoms with E-state index in [1.54, 1.807) is 6.20 Å². The first-order valence-corrected chi connectivity index (χ1v) is 5.49. The number of hydrogen-bond donors (Lipinski definition) is 0. The molecule has 0 aliphatic carbocycles. The molecule has 1 aromatic heterocycles. The van der Waals surface area contributed by atoms with Gasteiger partial charge in [-0.05, 0) is 25.1 Å². The van der Waals surface area contributed by atoms with Crippen LogP contribution in [0.1, 0.15) is 12.1 Å². The fourth-order valence-electron chi connectivity index (χ4n) is 2.06. The summed E-state index contributed by atoms with van der Waals surface area (Å²) < 4.78 is 4.75. The largest absolute Gasteiger partial charge is 0.469 e. The molecule has 0 aromatic carbocycles. The molecule has 0 unspecified atom stereocenters. The molecule has 0 N–H and O–H groups in total. The Morgan fingerprint density at radius 2 is 2.50 bits per heavy atom. The van der Waals surface area contributed by atoms with Gasteiger partial charge in [-0.3, -0.25) is 14.7 Å². The lowest BCUT2D eigenvalue weighted by molar-refractivity contribution is -0.144. The third kappa shape index (κ3) is 2.58. The fourth-order valence-corrected chi connectivity index (χ4v) is 2.06. The predicted molar refractivity (Wildman–Crippen MR) is 59.6 cm³/mol. The van der Waals surface area contributed by atoms with E-state index >= 15 is 0 Å². The van der Waals surface area contributed by atoms with Crippen LogP contribution in [0.3, 0.4) is 0 Å². The van der Waals surface area contributed by atoms with E-state index in [9.17, 15) is 4.79 Å². The average molecular weight is 220 g/mol. The van der Waals surface area contributed by atoms with Crippen molar-refractivity contribution in [3.05, 3.63) is 30.1 Å². The summed E-state index contributed by atoms with van der Waals surface area (Å²) in [6.45, 7) is 2.54. The van der Waals surface area contributed by atoms with Gasteiger partial charge in [0, 0.05) is 19.3 Å². The van der Waals surface area contributed by atoms with Gasteiger partial charge in [0.2, 0.25) is 0 Å². The number of pyridine rings is 1. The normalized spacial score (nSPS) is 20.9. The highest BCUT2D eigenvalue weighted by molar-refractivity contribution is 5.72. The molecule has 0 spiro atoms. The molecule has 4 nitrogen and oxygen atoms in total. The van der Waals surface area contributed by atoms with Crippen LogP contribution in [0.15, 0.2) is 24.4 Å². The number of esters is 1. The Hall–Kier alpha value is -1.42. The molecule has 0 bridgehead atoms. The highest BCUT2D eigenvalue weighted by atomic mass is 16.5. The molecule has 0 amide bonds. The molecule has 1 aromatic rings. The number of carbonyl (C=O) groups excluding carboxylic acids is 1. The van der Waals surface area contributed by atoms with E-state index in [1.807, 2.05) is 18.2 Å². The second kappa shape index (κ2) is 5.07. The van der Waals surface area contributed by atoms with Crippen molar-refractivity contribution in [2.24, 2.45) is 5.92 Å². The van der Waals surface area contributed by atoms with E-state index in [0.717, 1.165) is 31.7 Å². The van der Waals surface area contributed by atoms with E-state index in [2.05, 4.69) is 9.88 Å². The molecular weight excluding hydrogens is 204 g/mol. The number of rotatable bonds is 3. The van der Waals surface area contributed by atoms with E-state index in [4.69, 9.17) is 4.74 Å². The number of aromatic nitrogens is 1. The van der Waals surface area contributed by atoms with Gasteiger partial charge in [-0.15, -0.1) is 0 Å². The molecule has 4 heteroatoms. The maximum atomic E-state index is 11.3. The smallest absolute Gasteiger partial charge is 0.310 e. The van der Waals surface area contributed by atoms with Crippen LogP contribution in [-0.2, 0) is 16.1 Å². The molecule has 1 saturated heterocycles. The molecular formula is C12H16N2O2. The van der Waals surface area contributed by atoms with Crippen LogP contribution < -0.4 is 0 Å². The Bertz CT molecular complexity index is 353. The third-order valence-electron chi connectivity index (χ3n) is 2.92. The molecule has 2 rings (SSSR count). The number of nitrogens with zero attached hydrogens (tertiary/aromatic N) is 2. The van der Waals surface area contributed by atoms with Gasteiger partial charge in [-0.1, -0.05) is 6.07 Å². The first kappa shape index (κ1) is 11.1. The van der Waals surface area contributed by atoms with E-state index in [0.29, 0.717) is 0 Å². The summed E-state index contributed by atoms with van der Waals surface area (Å²) in [4.78, 5) is 17.9. The van der Waals surface area contributed by atoms with Crippen LogP contribution in [0.25, 0.3) is 0 Å². The summed E-state index contributed by atoms with van der Waals surface area (Å²) in [7, 11) is 1.45. The lowest BCUT2D eigenvalue weighted by atomic mass is 10.1. The second-order valence-electron chi connectivity index (χ2n) is 4.06. The summed E-state index contributed by atoms with van der Waals surface area (Å²) in [6.07, 6.45) is 2.68. The molecule has 1 atom stereocenters. The maximum absolute atomic E-state index is 11.3. The Labute approximate surface area is 95.2 Å². The van der Waals surface area contributed by atoms with Gasteiger partial charge in [0.25, 0.3) is 0 Å². The van der Waals surface area contributed by atoms with Crippen LogP contribution in [-0.4, -0.2) is 36.1 Å². The standard InChI is InChI=1S/C12H16N2O2/c1-16-12(15)10-5-7-14(8-10)9-11-4-2-3-6-13-11/h2-4,6,10H,5,7-9H2,1H3/t10-/m1/s1. The minimum Gasteiger partial charge on any atom is -0.469 e. The predicted octanol–water partition coefficient (Wildman–Crippen LogP) is 1.08.